The number of carbonyl (C=O) groups is 4. The first-order chi connectivity index (χ1) is 15.9. The molecule has 8 heteroatoms. The number of benzene rings is 2. The Kier molecular flexibility index (Phi) is 7.96. The van der Waals surface area contributed by atoms with Crippen LogP contribution in [0.25, 0.3) is 0 Å². The lowest BCUT2D eigenvalue weighted by atomic mass is 10.1. The Morgan fingerprint density at radius 1 is 0.909 bits per heavy atom. The molecule has 33 heavy (non-hydrogen) atoms. The Bertz CT molecular complexity index is 1040. The molecule has 0 unspecified atom stereocenters. The highest BCUT2D eigenvalue weighted by Crippen LogP contribution is 2.22. The van der Waals surface area contributed by atoms with Gasteiger partial charge in [0.2, 0.25) is 0 Å². The second-order valence-corrected chi connectivity index (χ2v) is 7.34. The van der Waals surface area contributed by atoms with Crippen LogP contribution in [0.15, 0.2) is 60.4 Å². The van der Waals surface area contributed by atoms with E-state index in [2.05, 4.69) is 0 Å². The van der Waals surface area contributed by atoms with E-state index < -0.39 is 24.3 Å². The first-order valence-electron chi connectivity index (χ1n) is 10.6. The van der Waals surface area contributed by atoms with Crippen LogP contribution in [0.4, 0.5) is 0 Å². The zero-order valence-corrected chi connectivity index (χ0v) is 18.5. The van der Waals surface area contributed by atoms with Gasteiger partial charge in [-0.3, -0.25) is 24.1 Å². The highest BCUT2D eigenvalue weighted by molar-refractivity contribution is 6.22. The van der Waals surface area contributed by atoms with E-state index in [9.17, 15) is 19.2 Å². The number of carbonyl (C=O) groups excluding carboxylic acids is 4. The number of rotatable bonds is 11. The molecule has 0 bridgehead atoms. The highest BCUT2D eigenvalue weighted by atomic mass is 16.6. The number of ketones is 1. The van der Waals surface area contributed by atoms with E-state index in [-0.39, 0.29) is 30.1 Å². The average molecular weight is 451 g/mol. The van der Waals surface area contributed by atoms with Crippen molar-refractivity contribution in [3.8, 4) is 5.75 Å². The summed E-state index contributed by atoms with van der Waals surface area (Å²) < 4.78 is 15.9. The molecule has 172 valence electrons. The minimum atomic E-state index is -0.707. The molecule has 1 aliphatic heterocycles. The van der Waals surface area contributed by atoms with Gasteiger partial charge in [-0.25, -0.2) is 0 Å². The minimum Gasteiger partial charge on any atom is -0.501 e. The first kappa shape index (κ1) is 23.7. The average Bonchev–Trinajstić information content (AvgIpc) is 3.07. The van der Waals surface area contributed by atoms with Crippen LogP contribution < -0.4 is 4.74 Å². The second kappa shape index (κ2) is 11.1. The Balaban J connectivity index is 1.42. The summed E-state index contributed by atoms with van der Waals surface area (Å²) in [4.78, 5) is 49.8. The van der Waals surface area contributed by atoms with E-state index in [0.717, 1.165) is 11.3 Å². The predicted molar refractivity (Wildman–Crippen MR) is 119 cm³/mol. The summed E-state index contributed by atoms with van der Waals surface area (Å²) in [5, 5.41) is 0. The summed E-state index contributed by atoms with van der Waals surface area (Å²) in [6, 6.07) is 13.0. The lowest BCUT2D eigenvalue weighted by molar-refractivity contribution is -0.144. The standard InChI is InChI=1S/C25H25NO7/c1-3-12-31-16-17(2)23(28)18-8-10-19(11-9-18)32-13-14-33-22(27)15-26-24(29)20-6-4-5-7-21(20)25(26)30/h4-11,16H,3,12-15H2,1-2H3. The highest BCUT2D eigenvalue weighted by Gasteiger charge is 2.36. The van der Waals surface area contributed by atoms with Crippen LogP contribution in [0.1, 0.15) is 51.3 Å². The van der Waals surface area contributed by atoms with Gasteiger partial charge in [-0.1, -0.05) is 19.1 Å². The normalized spacial score (nSPS) is 13.0. The molecule has 1 heterocycles. The first-order valence-corrected chi connectivity index (χ1v) is 10.6. The molecule has 1 aliphatic rings. The summed E-state index contributed by atoms with van der Waals surface area (Å²) in [7, 11) is 0. The van der Waals surface area contributed by atoms with Crippen LogP contribution in [-0.4, -0.2) is 54.8 Å². The SMILES string of the molecule is CCCOC=C(C)C(=O)c1ccc(OCCOC(=O)CN2C(=O)c3ccccc3C2=O)cc1. The number of Topliss-reactive ketones (excluding diaryl/α,β-unsaturated/α-hetero) is 1. The summed E-state index contributed by atoms with van der Waals surface area (Å²) in [6.07, 6.45) is 2.33. The van der Waals surface area contributed by atoms with Crippen LogP contribution in [0.3, 0.4) is 0 Å². The van der Waals surface area contributed by atoms with E-state index in [0.29, 0.717) is 23.5 Å². The number of esters is 1. The zero-order valence-electron chi connectivity index (χ0n) is 18.5. The Hall–Kier alpha value is -3.94. The van der Waals surface area contributed by atoms with Crippen molar-refractivity contribution in [1.29, 1.82) is 0 Å². The van der Waals surface area contributed by atoms with Crippen LogP contribution >= 0.6 is 0 Å². The zero-order chi connectivity index (χ0) is 23.8. The van der Waals surface area contributed by atoms with Gasteiger partial charge in [0.1, 0.15) is 25.5 Å². The topological polar surface area (TPSA) is 99.2 Å². The van der Waals surface area contributed by atoms with Gasteiger partial charge >= 0.3 is 5.97 Å². The van der Waals surface area contributed by atoms with Gasteiger partial charge < -0.3 is 14.2 Å². The van der Waals surface area contributed by atoms with Gasteiger partial charge in [0, 0.05) is 11.1 Å². The van der Waals surface area contributed by atoms with Gasteiger partial charge in [0.05, 0.1) is 24.0 Å². The van der Waals surface area contributed by atoms with Crippen molar-refractivity contribution in [3.05, 3.63) is 77.1 Å². The van der Waals surface area contributed by atoms with E-state index in [1.54, 1.807) is 55.5 Å². The summed E-state index contributed by atoms with van der Waals surface area (Å²) in [5.74, 6) is -1.37. The fourth-order valence-electron chi connectivity index (χ4n) is 3.16. The van der Waals surface area contributed by atoms with E-state index in [4.69, 9.17) is 14.2 Å². The third-order valence-electron chi connectivity index (χ3n) is 4.84. The number of fused-ring (bicyclic) bond motifs is 1. The van der Waals surface area contributed by atoms with E-state index >= 15 is 0 Å². The third kappa shape index (κ3) is 5.85. The molecule has 0 spiro atoms. The van der Waals surface area contributed by atoms with Gasteiger partial charge in [0.15, 0.2) is 5.78 Å². The van der Waals surface area contributed by atoms with Crippen LogP contribution in [0.5, 0.6) is 5.75 Å². The van der Waals surface area contributed by atoms with Gasteiger partial charge in [0.25, 0.3) is 11.8 Å². The van der Waals surface area contributed by atoms with Crippen LogP contribution in [0.2, 0.25) is 0 Å². The maximum absolute atomic E-state index is 12.3. The van der Waals surface area contributed by atoms with Crippen molar-refractivity contribution in [3.63, 3.8) is 0 Å². The minimum absolute atomic E-state index is 0.0563. The van der Waals surface area contributed by atoms with Gasteiger partial charge in [-0.2, -0.15) is 0 Å². The molecular formula is C25H25NO7. The molecule has 0 aromatic heterocycles. The summed E-state index contributed by atoms with van der Waals surface area (Å²) in [5.41, 5.74) is 1.56. The van der Waals surface area contributed by atoms with Crippen molar-refractivity contribution in [1.82, 2.24) is 4.90 Å². The summed E-state index contributed by atoms with van der Waals surface area (Å²) in [6.45, 7) is 3.79. The molecule has 0 fully saturated rings. The van der Waals surface area contributed by atoms with Gasteiger partial charge in [-0.05, 0) is 49.7 Å². The molecule has 8 nitrogen and oxygen atoms in total. The lowest BCUT2D eigenvalue weighted by Gasteiger charge is -2.13. The van der Waals surface area contributed by atoms with Crippen molar-refractivity contribution in [2.24, 2.45) is 0 Å². The van der Waals surface area contributed by atoms with Crippen LogP contribution in [-0.2, 0) is 14.3 Å². The monoisotopic (exact) mass is 451 g/mol. The van der Waals surface area contributed by atoms with Crippen molar-refractivity contribution in [2.45, 2.75) is 20.3 Å². The number of amides is 2. The fraction of sp³-hybridized carbons (Fsp3) is 0.280. The van der Waals surface area contributed by atoms with Crippen molar-refractivity contribution >= 4 is 23.6 Å². The molecule has 0 aliphatic carbocycles. The van der Waals surface area contributed by atoms with Crippen molar-refractivity contribution < 1.29 is 33.4 Å². The predicted octanol–water partition coefficient (Wildman–Crippen LogP) is 3.42. The van der Waals surface area contributed by atoms with E-state index in [1.807, 2.05) is 6.92 Å². The fourth-order valence-corrected chi connectivity index (χ4v) is 3.16. The Labute approximate surface area is 191 Å². The number of imide groups is 1. The number of hydrogen-bond donors (Lipinski definition) is 0. The molecular weight excluding hydrogens is 426 g/mol. The lowest BCUT2D eigenvalue weighted by Crippen LogP contribution is -2.36. The smallest absolute Gasteiger partial charge is 0.326 e. The molecule has 0 saturated carbocycles. The number of nitrogens with zero attached hydrogens (tertiary/aromatic N) is 1. The van der Waals surface area contributed by atoms with Crippen molar-refractivity contribution in [2.75, 3.05) is 26.4 Å². The van der Waals surface area contributed by atoms with E-state index in [1.165, 1.54) is 6.26 Å². The maximum Gasteiger partial charge on any atom is 0.326 e. The number of ether oxygens (including phenoxy) is 3. The molecule has 0 radical (unpaired) electrons. The Morgan fingerprint density at radius 3 is 2.15 bits per heavy atom. The Morgan fingerprint density at radius 2 is 1.55 bits per heavy atom. The second-order valence-electron chi connectivity index (χ2n) is 7.34. The quantitative estimate of drug-likeness (QED) is 0.129. The number of allylic oxidation sites excluding steroid dienone is 1. The third-order valence-corrected chi connectivity index (χ3v) is 4.84. The molecule has 2 aromatic carbocycles. The molecule has 2 aromatic rings. The molecule has 3 rings (SSSR count). The molecule has 0 saturated heterocycles. The molecule has 0 atom stereocenters. The maximum atomic E-state index is 12.3. The van der Waals surface area contributed by atoms with Crippen LogP contribution in [0, 0.1) is 0 Å². The largest absolute Gasteiger partial charge is 0.501 e. The number of hydrogen-bond acceptors (Lipinski definition) is 7. The molecule has 0 N–H and O–H groups in total. The van der Waals surface area contributed by atoms with Gasteiger partial charge in [-0.15, -0.1) is 0 Å². The summed E-state index contributed by atoms with van der Waals surface area (Å²) >= 11 is 0. The molecule has 2 amide bonds.